The highest BCUT2D eigenvalue weighted by atomic mass is 127. The van der Waals surface area contributed by atoms with E-state index in [0.29, 0.717) is 6.54 Å². The molecule has 2 aromatic rings. The van der Waals surface area contributed by atoms with E-state index in [9.17, 15) is 0 Å². The third kappa shape index (κ3) is 5.15. The van der Waals surface area contributed by atoms with Crippen LogP contribution in [0.15, 0.2) is 35.6 Å². The quantitative estimate of drug-likeness (QED) is 0.375. The second-order valence-electron chi connectivity index (χ2n) is 6.93. The molecular formula is C19H28ClIN6O. The summed E-state index contributed by atoms with van der Waals surface area (Å²) >= 11 is 6.54. The number of benzene rings is 1. The Morgan fingerprint density at radius 2 is 2.07 bits per heavy atom. The maximum absolute atomic E-state index is 6.54. The normalized spacial score (nSPS) is 16.4. The summed E-state index contributed by atoms with van der Waals surface area (Å²) in [5.41, 5.74) is 1.10. The van der Waals surface area contributed by atoms with Crippen molar-refractivity contribution >= 4 is 41.5 Å². The summed E-state index contributed by atoms with van der Waals surface area (Å²) in [5.74, 6) is 1.70. The van der Waals surface area contributed by atoms with Crippen LogP contribution in [0.5, 0.6) is 0 Å². The van der Waals surface area contributed by atoms with Crippen molar-refractivity contribution < 1.29 is 4.74 Å². The molecule has 3 rings (SSSR count). The van der Waals surface area contributed by atoms with Gasteiger partial charge in [-0.2, -0.15) is 5.10 Å². The molecule has 9 heteroatoms. The first kappa shape index (κ1) is 22.9. The zero-order valence-electron chi connectivity index (χ0n) is 16.6. The standard InChI is InChI=1S/C19H27ClN6O.HI/c1-21-18(25(2)12-17-23-14-24-26(17)3)22-13-19(8-10-27-11-9-19)15-6-4-5-7-16(15)20;/h4-7,14H,8-13H2,1-3H3,(H,21,22);1H. The van der Waals surface area contributed by atoms with Crippen molar-refractivity contribution in [3.05, 3.63) is 47.0 Å². The topological polar surface area (TPSA) is 67.6 Å². The van der Waals surface area contributed by atoms with Crippen LogP contribution in [0.3, 0.4) is 0 Å². The average Bonchev–Trinajstić information content (AvgIpc) is 3.08. The molecule has 0 spiro atoms. The summed E-state index contributed by atoms with van der Waals surface area (Å²) in [5, 5.41) is 8.48. The highest BCUT2D eigenvalue weighted by Gasteiger charge is 2.36. The van der Waals surface area contributed by atoms with Gasteiger partial charge in [0.2, 0.25) is 0 Å². The highest BCUT2D eigenvalue weighted by Crippen LogP contribution is 2.38. The van der Waals surface area contributed by atoms with Gasteiger partial charge in [-0.15, -0.1) is 24.0 Å². The minimum absolute atomic E-state index is 0. The van der Waals surface area contributed by atoms with Gasteiger partial charge in [0.15, 0.2) is 5.96 Å². The van der Waals surface area contributed by atoms with Crippen LogP contribution >= 0.6 is 35.6 Å². The van der Waals surface area contributed by atoms with Crippen molar-refractivity contribution in [1.29, 1.82) is 0 Å². The van der Waals surface area contributed by atoms with Crippen LogP contribution in [0.2, 0.25) is 5.02 Å². The minimum atomic E-state index is -0.0713. The number of rotatable bonds is 5. The van der Waals surface area contributed by atoms with Crippen molar-refractivity contribution in [3.63, 3.8) is 0 Å². The van der Waals surface area contributed by atoms with Crippen molar-refractivity contribution in [2.24, 2.45) is 12.0 Å². The first-order chi connectivity index (χ1) is 13.1. The molecule has 1 saturated heterocycles. The van der Waals surface area contributed by atoms with Gasteiger partial charge in [0, 0.05) is 51.3 Å². The summed E-state index contributed by atoms with van der Waals surface area (Å²) in [6.45, 7) is 2.84. The van der Waals surface area contributed by atoms with Crippen LogP contribution in [-0.2, 0) is 23.7 Å². The van der Waals surface area contributed by atoms with E-state index in [2.05, 4.69) is 26.5 Å². The highest BCUT2D eigenvalue weighted by molar-refractivity contribution is 14.0. The summed E-state index contributed by atoms with van der Waals surface area (Å²) in [6, 6.07) is 8.11. The van der Waals surface area contributed by atoms with Crippen molar-refractivity contribution in [2.75, 3.05) is 33.9 Å². The molecule has 0 radical (unpaired) electrons. The first-order valence-corrected chi connectivity index (χ1v) is 9.51. The molecule has 28 heavy (non-hydrogen) atoms. The summed E-state index contributed by atoms with van der Waals surface area (Å²) in [6.07, 6.45) is 3.41. The molecule has 1 N–H and O–H groups in total. The molecule has 0 amide bonds. The van der Waals surface area contributed by atoms with Crippen LogP contribution in [0, 0.1) is 0 Å². The zero-order valence-corrected chi connectivity index (χ0v) is 19.6. The van der Waals surface area contributed by atoms with Gasteiger partial charge in [-0.1, -0.05) is 29.8 Å². The minimum Gasteiger partial charge on any atom is -0.381 e. The van der Waals surface area contributed by atoms with Crippen molar-refractivity contribution in [1.82, 2.24) is 25.0 Å². The van der Waals surface area contributed by atoms with E-state index in [-0.39, 0.29) is 29.4 Å². The molecule has 2 heterocycles. The van der Waals surface area contributed by atoms with Crippen LogP contribution in [0.25, 0.3) is 0 Å². The van der Waals surface area contributed by atoms with Gasteiger partial charge in [-0.3, -0.25) is 9.67 Å². The number of aryl methyl sites for hydroxylation is 1. The van der Waals surface area contributed by atoms with Gasteiger partial charge in [0.25, 0.3) is 0 Å². The largest absolute Gasteiger partial charge is 0.381 e. The molecule has 154 valence electrons. The van der Waals surface area contributed by atoms with Gasteiger partial charge in [-0.05, 0) is 24.5 Å². The molecular weight excluding hydrogens is 491 g/mol. The van der Waals surface area contributed by atoms with E-state index < -0.39 is 0 Å². The number of aliphatic imine (C=N–C) groups is 1. The summed E-state index contributed by atoms with van der Waals surface area (Å²) < 4.78 is 7.39. The van der Waals surface area contributed by atoms with Crippen LogP contribution in [0.4, 0.5) is 0 Å². The Morgan fingerprint density at radius 1 is 1.36 bits per heavy atom. The van der Waals surface area contributed by atoms with Crippen molar-refractivity contribution in [2.45, 2.75) is 24.8 Å². The Bertz CT molecular complexity index is 790. The van der Waals surface area contributed by atoms with E-state index in [1.54, 1.807) is 18.1 Å². The molecule has 0 unspecified atom stereocenters. The summed E-state index contributed by atoms with van der Waals surface area (Å²) in [4.78, 5) is 10.8. The third-order valence-corrected chi connectivity index (χ3v) is 5.57. The first-order valence-electron chi connectivity index (χ1n) is 9.13. The maximum atomic E-state index is 6.54. The second kappa shape index (κ2) is 10.4. The predicted molar refractivity (Wildman–Crippen MR) is 122 cm³/mol. The monoisotopic (exact) mass is 518 g/mol. The molecule has 0 saturated carbocycles. The number of hydrogen-bond acceptors (Lipinski definition) is 4. The third-order valence-electron chi connectivity index (χ3n) is 5.24. The lowest BCUT2D eigenvalue weighted by atomic mass is 9.74. The van der Waals surface area contributed by atoms with Crippen LogP contribution in [-0.4, -0.2) is 59.5 Å². The average molecular weight is 519 g/mol. The SMILES string of the molecule is CN=C(NCC1(c2ccccc2Cl)CCOCC1)N(C)Cc1ncnn1C.I. The molecule has 1 aromatic heterocycles. The number of hydrogen-bond donors (Lipinski definition) is 1. The molecule has 0 bridgehead atoms. The lowest BCUT2D eigenvalue weighted by molar-refractivity contribution is 0.0512. The smallest absolute Gasteiger partial charge is 0.193 e. The Labute approximate surface area is 188 Å². The van der Waals surface area contributed by atoms with Crippen LogP contribution < -0.4 is 5.32 Å². The van der Waals surface area contributed by atoms with E-state index in [0.717, 1.165) is 49.4 Å². The Hall–Kier alpha value is -1.39. The van der Waals surface area contributed by atoms with Gasteiger partial charge in [-0.25, -0.2) is 4.98 Å². The number of ether oxygens (including phenoxy) is 1. The van der Waals surface area contributed by atoms with Crippen LogP contribution in [0.1, 0.15) is 24.2 Å². The molecule has 0 atom stereocenters. The van der Waals surface area contributed by atoms with E-state index in [4.69, 9.17) is 16.3 Å². The van der Waals surface area contributed by atoms with Gasteiger partial charge in [0.1, 0.15) is 12.2 Å². The van der Waals surface area contributed by atoms with Crippen molar-refractivity contribution in [3.8, 4) is 0 Å². The second-order valence-corrected chi connectivity index (χ2v) is 7.34. The Morgan fingerprint density at radius 3 is 2.68 bits per heavy atom. The fraction of sp³-hybridized carbons (Fsp3) is 0.526. The predicted octanol–water partition coefficient (Wildman–Crippen LogP) is 2.84. The fourth-order valence-corrected chi connectivity index (χ4v) is 3.91. The van der Waals surface area contributed by atoms with Gasteiger partial charge in [0.05, 0.1) is 6.54 Å². The molecule has 1 aromatic carbocycles. The Balaban J connectivity index is 0.00000280. The maximum Gasteiger partial charge on any atom is 0.193 e. The number of nitrogens with zero attached hydrogens (tertiary/aromatic N) is 5. The number of guanidine groups is 1. The van der Waals surface area contributed by atoms with E-state index in [1.807, 2.05) is 37.2 Å². The number of nitrogens with one attached hydrogen (secondary N) is 1. The van der Waals surface area contributed by atoms with Gasteiger partial charge >= 0.3 is 0 Å². The van der Waals surface area contributed by atoms with Gasteiger partial charge < -0.3 is 15.0 Å². The van der Waals surface area contributed by atoms with E-state index in [1.165, 1.54) is 5.56 Å². The molecule has 1 aliphatic rings. The lowest BCUT2D eigenvalue weighted by Gasteiger charge is -2.39. The fourth-order valence-electron chi connectivity index (χ4n) is 3.58. The molecule has 1 aliphatic heterocycles. The Kier molecular flexibility index (Phi) is 8.51. The number of aromatic nitrogens is 3. The number of halogens is 2. The summed E-state index contributed by atoms with van der Waals surface area (Å²) in [7, 11) is 5.68. The zero-order chi connectivity index (χ0) is 19.3. The molecule has 1 fully saturated rings. The lowest BCUT2D eigenvalue weighted by Crippen LogP contribution is -2.48. The molecule has 7 nitrogen and oxygen atoms in total. The van der Waals surface area contributed by atoms with E-state index >= 15 is 0 Å². The molecule has 0 aliphatic carbocycles.